The fourth-order valence-electron chi connectivity index (χ4n) is 3.21. The number of ether oxygens (including phenoxy) is 2. The molecule has 33 heavy (non-hydrogen) atoms. The van der Waals surface area contributed by atoms with Gasteiger partial charge in [-0.05, 0) is 42.7 Å². The first-order chi connectivity index (χ1) is 16.0. The molecule has 0 aliphatic heterocycles. The van der Waals surface area contributed by atoms with Crippen molar-refractivity contribution in [1.29, 1.82) is 5.26 Å². The Morgan fingerprint density at radius 3 is 2.42 bits per heavy atom. The van der Waals surface area contributed by atoms with Crippen molar-refractivity contribution in [3.05, 3.63) is 77.9 Å². The Morgan fingerprint density at radius 1 is 1.09 bits per heavy atom. The number of methoxy groups -OCH3 is 1. The number of aromatic nitrogens is 2. The summed E-state index contributed by atoms with van der Waals surface area (Å²) >= 11 is 0. The summed E-state index contributed by atoms with van der Waals surface area (Å²) in [6, 6.07) is 14.3. The van der Waals surface area contributed by atoms with Gasteiger partial charge in [-0.15, -0.1) is 0 Å². The molecule has 1 fully saturated rings. The highest BCUT2D eigenvalue weighted by atomic mass is 16.5. The second kappa shape index (κ2) is 9.36. The van der Waals surface area contributed by atoms with E-state index in [-0.39, 0.29) is 11.8 Å². The van der Waals surface area contributed by atoms with Crippen molar-refractivity contribution >= 4 is 11.8 Å². The predicted octanol–water partition coefficient (Wildman–Crippen LogP) is 2.73. The molecule has 0 radical (unpaired) electrons. The molecular weight excluding hydrogens is 422 g/mol. The van der Waals surface area contributed by atoms with Crippen LogP contribution in [-0.4, -0.2) is 34.4 Å². The standard InChI is InChI=1S/C24H21N5O4/c1-32-20-6-7-21(17(10-20)11-25)33-19-4-2-16(3-5-19)12-28-23(31)24(8-9-24)29-22(30)18-13-26-15-27-14-18/h2-7,10,13-15H,8-9,12H2,1H3,(H,28,31)(H,29,30). The predicted molar refractivity (Wildman–Crippen MR) is 118 cm³/mol. The summed E-state index contributed by atoms with van der Waals surface area (Å²) in [4.78, 5) is 32.7. The van der Waals surface area contributed by atoms with Gasteiger partial charge in [-0.3, -0.25) is 9.59 Å². The third-order valence-corrected chi connectivity index (χ3v) is 5.27. The molecule has 166 valence electrons. The minimum Gasteiger partial charge on any atom is -0.497 e. The molecule has 9 heteroatoms. The number of hydrogen-bond donors (Lipinski definition) is 2. The van der Waals surface area contributed by atoms with Crippen LogP contribution in [0.5, 0.6) is 17.2 Å². The van der Waals surface area contributed by atoms with Gasteiger partial charge in [0, 0.05) is 25.0 Å². The number of carbonyl (C=O) groups is 2. The first-order valence-electron chi connectivity index (χ1n) is 10.2. The second-order valence-corrected chi connectivity index (χ2v) is 7.57. The van der Waals surface area contributed by atoms with E-state index in [0.717, 1.165) is 5.56 Å². The maximum Gasteiger partial charge on any atom is 0.255 e. The maximum atomic E-state index is 12.7. The molecule has 1 heterocycles. The Bertz CT molecular complexity index is 1200. The largest absolute Gasteiger partial charge is 0.497 e. The van der Waals surface area contributed by atoms with Crippen molar-refractivity contribution in [2.75, 3.05) is 7.11 Å². The lowest BCUT2D eigenvalue weighted by atomic mass is 10.1. The minimum atomic E-state index is -0.891. The van der Waals surface area contributed by atoms with Gasteiger partial charge >= 0.3 is 0 Å². The van der Waals surface area contributed by atoms with Gasteiger partial charge in [0.1, 0.15) is 35.2 Å². The van der Waals surface area contributed by atoms with Crippen LogP contribution in [0.25, 0.3) is 0 Å². The third-order valence-electron chi connectivity index (χ3n) is 5.27. The van der Waals surface area contributed by atoms with Crippen molar-refractivity contribution < 1.29 is 19.1 Å². The summed E-state index contributed by atoms with van der Waals surface area (Å²) in [5, 5.41) is 15.0. The van der Waals surface area contributed by atoms with Gasteiger partial charge in [0.25, 0.3) is 5.91 Å². The maximum absolute atomic E-state index is 12.7. The number of nitrogens with one attached hydrogen (secondary N) is 2. The molecule has 2 aromatic carbocycles. The van der Waals surface area contributed by atoms with Crippen molar-refractivity contribution in [1.82, 2.24) is 20.6 Å². The van der Waals surface area contributed by atoms with Gasteiger partial charge in [-0.2, -0.15) is 5.26 Å². The van der Waals surface area contributed by atoms with Crippen LogP contribution in [0.15, 0.2) is 61.2 Å². The Labute approximate surface area is 190 Å². The van der Waals surface area contributed by atoms with Gasteiger partial charge in [0.2, 0.25) is 5.91 Å². The van der Waals surface area contributed by atoms with Gasteiger partial charge in [-0.1, -0.05) is 12.1 Å². The molecule has 0 saturated heterocycles. The lowest BCUT2D eigenvalue weighted by molar-refractivity contribution is -0.124. The van der Waals surface area contributed by atoms with E-state index in [4.69, 9.17) is 9.47 Å². The SMILES string of the molecule is COc1ccc(Oc2ccc(CNC(=O)C3(NC(=O)c4cncnc4)CC3)cc2)c(C#N)c1. The fourth-order valence-corrected chi connectivity index (χ4v) is 3.21. The van der Waals surface area contributed by atoms with Crippen LogP contribution >= 0.6 is 0 Å². The summed E-state index contributed by atoms with van der Waals surface area (Å²) in [6.07, 6.45) is 5.31. The molecule has 3 aromatic rings. The first-order valence-corrected chi connectivity index (χ1v) is 10.2. The van der Waals surface area contributed by atoms with Crippen LogP contribution in [0.2, 0.25) is 0 Å². The first kappa shape index (κ1) is 21.8. The smallest absolute Gasteiger partial charge is 0.255 e. The molecule has 4 rings (SSSR count). The summed E-state index contributed by atoms with van der Waals surface area (Å²) in [5.74, 6) is 0.953. The lowest BCUT2D eigenvalue weighted by Gasteiger charge is -2.17. The quantitative estimate of drug-likeness (QED) is 0.548. The van der Waals surface area contributed by atoms with E-state index >= 15 is 0 Å². The van der Waals surface area contributed by atoms with Crippen LogP contribution in [-0.2, 0) is 11.3 Å². The lowest BCUT2D eigenvalue weighted by Crippen LogP contribution is -2.48. The van der Waals surface area contributed by atoms with Gasteiger partial charge in [0.15, 0.2) is 0 Å². The molecular formula is C24H21N5O4. The Kier molecular flexibility index (Phi) is 6.17. The number of benzene rings is 2. The average Bonchev–Trinajstić information content (AvgIpc) is 3.64. The Balaban J connectivity index is 1.33. The number of nitriles is 1. The van der Waals surface area contributed by atoms with E-state index < -0.39 is 5.54 Å². The molecule has 2 N–H and O–H groups in total. The second-order valence-electron chi connectivity index (χ2n) is 7.57. The molecule has 2 amide bonds. The molecule has 1 aromatic heterocycles. The Hall–Kier alpha value is -4.45. The normalized spacial score (nSPS) is 13.3. The number of hydrogen-bond acceptors (Lipinski definition) is 7. The van der Waals surface area contributed by atoms with E-state index in [1.54, 1.807) is 30.3 Å². The summed E-state index contributed by atoms with van der Waals surface area (Å²) in [7, 11) is 1.53. The van der Waals surface area contributed by atoms with Crippen LogP contribution < -0.4 is 20.1 Å². The van der Waals surface area contributed by atoms with Gasteiger partial charge in [0.05, 0.1) is 18.2 Å². The third kappa shape index (κ3) is 5.07. The average molecular weight is 443 g/mol. The van der Waals surface area contributed by atoms with Gasteiger partial charge in [-0.25, -0.2) is 9.97 Å². The molecule has 1 saturated carbocycles. The molecule has 0 bridgehead atoms. The zero-order valence-corrected chi connectivity index (χ0v) is 17.9. The molecule has 1 aliphatic carbocycles. The van der Waals surface area contributed by atoms with Crippen LogP contribution in [0.3, 0.4) is 0 Å². The van der Waals surface area contributed by atoms with Crippen molar-refractivity contribution in [2.24, 2.45) is 0 Å². The van der Waals surface area contributed by atoms with Crippen molar-refractivity contribution in [3.63, 3.8) is 0 Å². The summed E-state index contributed by atoms with van der Waals surface area (Å²) in [5.41, 5.74) is 0.649. The summed E-state index contributed by atoms with van der Waals surface area (Å²) in [6.45, 7) is 0.303. The van der Waals surface area contributed by atoms with E-state index in [0.29, 0.717) is 47.8 Å². The summed E-state index contributed by atoms with van der Waals surface area (Å²) < 4.78 is 10.9. The minimum absolute atomic E-state index is 0.232. The number of rotatable bonds is 8. The van der Waals surface area contributed by atoms with Crippen LogP contribution in [0, 0.1) is 11.3 Å². The number of amides is 2. The molecule has 0 atom stereocenters. The van der Waals surface area contributed by atoms with E-state index in [1.165, 1.54) is 25.8 Å². The van der Waals surface area contributed by atoms with Gasteiger partial charge < -0.3 is 20.1 Å². The molecule has 9 nitrogen and oxygen atoms in total. The zero-order chi connectivity index (χ0) is 23.3. The highest BCUT2D eigenvalue weighted by molar-refractivity contribution is 6.00. The number of nitrogens with zero attached hydrogens (tertiary/aromatic N) is 3. The topological polar surface area (TPSA) is 126 Å². The van der Waals surface area contributed by atoms with E-state index in [1.807, 2.05) is 12.1 Å². The molecule has 0 unspecified atom stereocenters. The van der Waals surface area contributed by atoms with Crippen molar-refractivity contribution in [3.8, 4) is 23.3 Å². The highest BCUT2D eigenvalue weighted by Crippen LogP contribution is 2.36. The zero-order valence-electron chi connectivity index (χ0n) is 17.9. The van der Waals surface area contributed by atoms with E-state index in [2.05, 4.69) is 26.7 Å². The Morgan fingerprint density at radius 2 is 1.79 bits per heavy atom. The number of carbonyl (C=O) groups excluding carboxylic acids is 2. The highest BCUT2D eigenvalue weighted by Gasteiger charge is 2.51. The molecule has 0 spiro atoms. The fraction of sp³-hybridized carbons (Fsp3) is 0.208. The van der Waals surface area contributed by atoms with E-state index in [9.17, 15) is 14.9 Å². The molecule has 1 aliphatic rings. The van der Waals surface area contributed by atoms with Crippen LogP contribution in [0.1, 0.15) is 34.3 Å². The monoisotopic (exact) mass is 443 g/mol. The van der Waals surface area contributed by atoms with Crippen LogP contribution in [0.4, 0.5) is 0 Å². The van der Waals surface area contributed by atoms with Crippen molar-refractivity contribution in [2.45, 2.75) is 24.9 Å².